The van der Waals surface area contributed by atoms with E-state index in [9.17, 15) is 13.2 Å². The number of hydrogen-bond acceptors (Lipinski definition) is 4. The van der Waals surface area contributed by atoms with E-state index in [1.807, 2.05) is 54.6 Å². The van der Waals surface area contributed by atoms with Crippen molar-refractivity contribution in [3.8, 4) is 11.1 Å². The molecule has 0 bridgehead atoms. The minimum atomic E-state index is -3.57. The highest BCUT2D eigenvalue weighted by atomic mass is 35.5. The monoisotopic (exact) mass is 483 g/mol. The van der Waals surface area contributed by atoms with Crippen molar-refractivity contribution in [3.05, 3.63) is 83.9 Å². The van der Waals surface area contributed by atoms with Gasteiger partial charge in [-0.05, 0) is 29.8 Å². The van der Waals surface area contributed by atoms with Gasteiger partial charge < -0.3 is 10.2 Å². The molecule has 1 aliphatic rings. The Balaban J connectivity index is 1.30. The maximum atomic E-state index is 12.8. The molecule has 33 heavy (non-hydrogen) atoms. The molecule has 1 fully saturated rings. The molecule has 1 N–H and O–H groups in total. The average Bonchev–Trinajstić information content (AvgIpc) is 2.84. The standard InChI is InChI=1S/C25H26ClN3O3S/c26-21-9-6-10-22(19-21)33(31,32)29-17-15-28(16-18-29)14-13-25(30)27-24-12-5-4-11-23(24)20-7-2-1-3-8-20/h1-12,19H,13-18H2,(H,27,30). The molecule has 0 radical (unpaired) electrons. The summed E-state index contributed by atoms with van der Waals surface area (Å²) in [6.45, 7) is 2.49. The van der Waals surface area contributed by atoms with E-state index >= 15 is 0 Å². The lowest BCUT2D eigenvalue weighted by molar-refractivity contribution is -0.116. The molecule has 0 unspecified atom stereocenters. The van der Waals surface area contributed by atoms with Gasteiger partial charge in [0.25, 0.3) is 0 Å². The SMILES string of the molecule is O=C(CCN1CCN(S(=O)(=O)c2cccc(Cl)c2)CC1)Nc1ccccc1-c1ccccc1. The van der Waals surface area contributed by atoms with Gasteiger partial charge in [-0.3, -0.25) is 4.79 Å². The van der Waals surface area contributed by atoms with E-state index in [4.69, 9.17) is 11.6 Å². The van der Waals surface area contributed by atoms with E-state index in [1.165, 1.54) is 10.4 Å². The van der Waals surface area contributed by atoms with E-state index in [0.717, 1.165) is 16.8 Å². The van der Waals surface area contributed by atoms with Crippen LogP contribution in [0.4, 0.5) is 5.69 Å². The Bertz CT molecular complexity index is 1210. The van der Waals surface area contributed by atoms with Gasteiger partial charge in [0.05, 0.1) is 4.90 Å². The van der Waals surface area contributed by atoms with Gasteiger partial charge in [-0.15, -0.1) is 0 Å². The summed E-state index contributed by atoms with van der Waals surface area (Å²) in [5, 5.41) is 3.42. The third kappa shape index (κ3) is 5.81. The van der Waals surface area contributed by atoms with Crippen LogP contribution in [-0.2, 0) is 14.8 Å². The van der Waals surface area contributed by atoms with E-state index in [-0.39, 0.29) is 10.8 Å². The van der Waals surface area contributed by atoms with Crippen molar-refractivity contribution in [2.24, 2.45) is 0 Å². The molecule has 1 amide bonds. The summed E-state index contributed by atoms with van der Waals surface area (Å²) in [7, 11) is -3.57. The van der Waals surface area contributed by atoms with E-state index in [2.05, 4.69) is 10.2 Å². The van der Waals surface area contributed by atoms with Crippen molar-refractivity contribution in [1.82, 2.24) is 9.21 Å². The lowest BCUT2D eigenvalue weighted by Gasteiger charge is -2.33. The van der Waals surface area contributed by atoms with Crippen LogP contribution in [0.1, 0.15) is 6.42 Å². The molecule has 3 aromatic rings. The van der Waals surface area contributed by atoms with Crippen LogP contribution >= 0.6 is 11.6 Å². The van der Waals surface area contributed by atoms with Crippen molar-refractivity contribution in [2.75, 3.05) is 38.0 Å². The Hall–Kier alpha value is -2.71. The highest BCUT2D eigenvalue weighted by molar-refractivity contribution is 7.89. The van der Waals surface area contributed by atoms with Crippen molar-refractivity contribution in [2.45, 2.75) is 11.3 Å². The summed E-state index contributed by atoms with van der Waals surface area (Å²) in [5.41, 5.74) is 2.81. The lowest BCUT2D eigenvalue weighted by Crippen LogP contribution is -2.49. The zero-order chi connectivity index (χ0) is 23.3. The third-order valence-electron chi connectivity index (χ3n) is 5.71. The number of carbonyl (C=O) groups is 1. The number of rotatable bonds is 7. The van der Waals surface area contributed by atoms with Crippen LogP contribution in [0, 0.1) is 0 Å². The molecule has 6 nitrogen and oxygen atoms in total. The number of piperazine rings is 1. The molecule has 1 saturated heterocycles. The van der Waals surface area contributed by atoms with Crippen molar-refractivity contribution in [3.63, 3.8) is 0 Å². The van der Waals surface area contributed by atoms with E-state index in [1.54, 1.807) is 18.2 Å². The number of sulfonamides is 1. The van der Waals surface area contributed by atoms with Crippen LogP contribution in [0.2, 0.25) is 5.02 Å². The number of halogens is 1. The minimum absolute atomic E-state index is 0.0626. The molecule has 0 saturated carbocycles. The average molecular weight is 484 g/mol. The lowest BCUT2D eigenvalue weighted by atomic mass is 10.0. The number of carbonyl (C=O) groups excluding carboxylic acids is 1. The fraction of sp³-hybridized carbons (Fsp3) is 0.240. The van der Waals surface area contributed by atoms with Gasteiger partial charge in [0.1, 0.15) is 0 Å². The van der Waals surface area contributed by atoms with Gasteiger partial charge in [-0.1, -0.05) is 66.2 Å². The molecule has 1 heterocycles. The first-order valence-corrected chi connectivity index (χ1v) is 12.7. The van der Waals surface area contributed by atoms with Gasteiger partial charge in [0, 0.05) is 55.4 Å². The van der Waals surface area contributed by atoms with Crippen LogP contribution in [0.25, 0.3) is 11.1 Å². The largest absolute Gasteiger partial charge is 0.325 e. The number of anilines is 1. The Morgan fingerprint density at radius 3 is 2.30 bits per heavy atom. The van der Waals surface area contributed by atoms with Crippen LogP contribution < -0.4 is 5.32 Å². The second-order valence-corrected chi connectivity index (χ2v) is 10.3. The highest BCUT2D eigenvalue weighted by Crippen LogP contribution is 2.27. The first-order valence-electron chi connectivity index (χ1n) is 10.9. The summed E-state index contributed by atoms with van der Waals surface area (Å²) in [5.74, 6) is -0.0626. The topological polar surface area (TPSA) is 69.7 Å². The number of nitrogens with one attached hydrogen (secondary N) is 1. The molecule has 4 rings (SSSR count). The number of amides is 1. The molecule has 1 aliphatic heterocycles. The Morgan fingerprint density at radius 1 is 0.879 bits per heavy atom. The zero-order valence-corrected chi connectivity index (χ0v) is 19.7. The number of benzene rings is 3. The Kier molecular flexibility index (Phi) is 7.45. The maximum Gasteiger partial charge on any atom is 0.243 e. The Labute approximate surface area is 199 Å². The van der Waals surface area contributed by atoms with Crippen molar-refractivity contribution in [1.29, 1.82) is 0 Å². The molecule has 0 spiro atoms. The Morgan fingerprint density at radius 2 is 1.58 bits per heavy atom. The first-order chi connectivity index (χ1) is 15.9. The molecule has 172 valence electrons. The van der Waals surface area contributed by atoms with E-state index in [0.29, 0.717) is 44.2 Å². The second-order valence-electron chi connectivity index (χ2n) is 7.91. The quantitative estimate of drug-likeness (QED) is 0.542. The fourth-order valence-corrected chi connectivity index (χ4v) is 5.63. The van der Waals surface area contributed by atoms with Gasteiger partial charge in [-0.25, -0.2) is 8.42 Å². The van der Waals surface area contributed by atoms with Crippen molar-refractivity contribution < 1.29 is 13.2 Å². The zero-order valence-electron chi connectivity index (χ0n) is 18.2. The summed E-state index contributed by atoms with van der Waals surface area (Å²) >= 11 is 5.96. The molecule has 0 aromatic heterocycles. The number of nitrogens with zero attached hydrogens (tertiary/aromatic N) is 2. The predicted octanol–water partition coefficient (Wildman–Crippen LogP) is 4.34. The first kappa shape index (κ1) is 23.4. The summed E-state index contributed by atoms with van der Waals surface area (Å²) in [6.07, 6.45) is 0.337. The van der Waals surface area contributed by atoms with Crippen LogP contribution in [-0.4, -0.2) is 56.3 Å². The van der Waals surface area contributed by atoms with Gasteiger partial charge in [0.15, 0.2) is 0 Å². The maximum absolute atomic E-state index is 12.8. The third-order valence-corrected chi connectivity index (χ3v) is 7.84. The van der Waals surface area contributed by atoms with Crippen LogP contribution in [0.5, 0.6) is 0 Å². The number of hydrogen-bond donors (Lipinski definition) is 1. The molecule has 0 atom stereocenters. The summed E-state index contributed by atoms with van der Waals surface area (Å²) in [6, 6.07) is 24.0. The van der Waals surface area contributed by atoms with Crippen LogP contribution in [0.3, 0.4) is 0 Å². The predicted molar refractivity (Wildman–Crippen MR) is 132 cm³/mol. The van der Waals surface area contributed by atoms with Crippen molar-refractivity contribution >= 4 is 33.2 Å². The molecular weight excluding hydrogens is 458 g/mol. The van der Waals surface area contributed by atoms with Crippen LogP contribution in [0.15, 0.2) is 83.8 Å². The molecule has 0 aliphatic carbocycles. The minimum Gasteiger partial charge on any atom is -0.325 e. The number of para-hydroxylation sites is 1. The molecular formula is C25H26ClN3O3S. The smallest absolute Gasteiger partial charge is 0.243 e. The summed E-state index contributed by atoms with van der Waals surface area (Å²) < 4.78 is 27.2. The van der Waals surface area contributed by atoms with Gasteiger partial charge in [-0.2, -0.15) is 4.31 Å². The summed E-state index contributed by atoms with van der Waals surface area (Å²) in [4.78, 5) is 14.9. The van der Waals surface area contributed by atoms with Gasteiger partial charge >= 0.3 is 0 Å². The fourth-order valence-electron chi connectivity index (χ4n) is 3.90. The highest BCUT2D eigenvalue weighted by Gasteiger charge is 2.28. The molecule has 8 heteroatoms. The normalized spacial score (nSPS) is 15.3. The van der Waals surface area contributed by atoms with Gasteiger partial charge in [0.2, 0.25) is 15.9 Å². The second kappa shape index (κ2) is 10.5. The van der Waals surface area contributed by atoms with E-state index < -0.39 is 10.0 Å². The molecule has 3 aromatic carbocycles.